The van der Waals surface area contributed by atoms with Crippen LogP contribution in [0.25, 0.3) is 53.9 Å². The third-order valence-electron chi connectivity index (χ3n) is 19.1. The first kappa shape index (κ1) is 109. The van der Waals surface area contributed by atoms with E-state index in [2.05, 4.69) is 107 Å². The fourth-order valence-electron chi connectivity index (χ4n) is 12.3. The average Bonchev–Trinajstić information content (AvgIpc) is 0.777. The predicted octanol–water partition coefficient (Wildman–Crippen LogP) is 15.9. The summed E-state index contributed by atoms with van der Waals surface area (Å²) in [5.74, 6) is 3.40. The van der Waals surface area contributed by atoms with Gasteiger partial charge in [-0.1, -0.05) is 172 Å². The molecule has 0 aliphatic heterocycles. The van der Waals surface area contributed by atoms with Crippen LogP contribution in [0.4, 0.5) is 58.2 Å². The molecule has 0 spiro atoms. The topological polar surface area (TPSA) is 601 Å². The molecule has 5 aromatic heterocycles. The van der Waals surface area contributed by atoms with E-state index in [9.17, 15) is 49.9 Å². The van der Waals surface area contributed by atoms with Gasteiger partial charge in [-0.2, -0.15) is 66.7 Å². The fourth-order valence-corrected chi connectivity index (χ4v) is 14.6. The van der Waals surface area contributed by atoms with Crippen LogP contribution in [0.2, 0.25) is 26.4 Å². The van der Waals surface area contributed by atoms with Crippen molar-refractivity contribution in [2.24, 2.45) is 17.8 Å². The molecule has 138 heavy (non-hydrogen) atoms. The van der Waals surface area contributed by atoms with Gasteiger partial charge < -0.3 is 36.2 Å². The highest BCUT2D eigenvalue weighted by Crippen LogP contribution is 2.35. The van der Waals surface area contributed by atoms with E-state index in [1.54, 1.807) is 69.3 Å². The summed E-state index contributed by atoms with van der Waals surface area (Å²) >= 11 is 29.9. The van der Waals surface area contributed by atoms with Crippen LogP contribution in [-0.2, 0) is 108 Å². The summed E-state index contributed by atoms with van der Waals surface area (Å²) in [6, 6.07) is 61.1. The van der Waals surface area contributed by atoms with Crippen molar-refractivity contribution in [1.29, 1.82) is 0 Å². The molecule has 0 bridgehead atoms. The molecule has 50 heteroatoms. The van der Waals surface area contributed by atoms with Gasteiger partial charge in [-0.3, -0.25) is 23.5 Å². The van der Waals surface area contributed by atoms with E-state index < -0.39 is 52.1 Å². The van der Waals surface area contributed by atoms with Crippen molar-refractivity contribution in [2.45, 2.75) is 110 Å². The maximum absolute atomic E-state index is 11.6. The number of benzene rings is 10. The second kappa shape index (κ2) is 52.4. The van der Waals surface area contributed by atoms with Gasteiger partial charge >= 0.3 is 31.8 Å². The SMILES string of the molecule is CC(=O)C(C)Cc1nc(Cl)nc(Nc2ccc(S(=O)(=O)O)c3ccccc23)n1.CC(=O)C(C)Cc1nc(Cl)nc(Nc2ccc3ccccc3c2)n1.CC(=O)C(C)Cc1nc(Cl)nc(Nc2cccc3ccccc23)n1.CC(=O)CCc1nc(Cl)nc(Nc2ccc(S(=O)(=O)O)c3ccccc23)n1.CC(=O)CCc1nc(Cl)nc(Nc2cccc3ccccc23)n1.O=S(=O)=O.O=S(=O)=O.O=S(=O)=O. The zero-order chi connectivity index (χ0) is 101. The summed E-state index contributed by atoms with van der Waals surface area (Å²) in [6.07, 6.45) is 2.62. The lowest BCUT2D eigenvalue weighted by Gasteiger charge is -2.12. The molecule has 718 valence electrons. The molecule has 15 rings (SSSR count). The Balaban J connectivity index is 0.000000205. The third-order valence-corrected chi connectivity index (χ3v) is 21.8. The van der Waals surface area contributed by atoms with Crippen LogP contribution < -0.4 is 26.6 Å². The highest BCUT2D eigenvalue weighted by Gasteiger charge is 2.22. The minimum Gasteiger partial charge on any atom is -0.324 e. The number of carbonyl (C=O) groups excluding carboxylic acids is 5. The lowest BCUT2D eigenvalue weighted by atomic mass is 10.0. The number of carbonyl (C=O) groups is 5. The van der Waals surface area contributed by atoms with Crippen molar-refractivity contribution in [1.82, 2.24) is 74.8 Å². The summed E-state index contributed by atoms with van der Waals surface area (Å²) in [6.45, 7) is 13.1. The molecule has 0 aliphatic carbocycles. The van der Waals surface area contributed by atoms with Crippen LogP contribution in [0.3, 0.4) is 0 Å². The van der Waals surface area contributed by atoms with E-state index >= 15 is 0 Å². The Morgan fingerprint density at radius 1 is 0.297 bits per heavy atom. The number of fused-ring (bicyclic) bond motifs is 5. The number of hydrogen-bond donors (Lipinski definition) is 7. The molecule has 7 N–H and O–H groups in total. The predicted molar refractivity (Wildman–Crippen MR) is 518 cm³/mol. The highest BCUT2D eigenvalue weighted by atomic mass is 35.5. The normalized spacial score (nSPS) is 11.4. The maximum Gasteiger partial charge on any atom is 0.425 e. The van der Waals surface area contributed by atoms with Gasteiger partial charge in [0, 0.05) is 123 Å². The second-order valence-corrected chi connectivity index (χ2v) is 35.1. The van der Waals surface area contributed by atoms with Crippen LogP contribution in [-0.4, -0.2) is 167 Å². The Bertz CT molecular complexity index is 7570. The van der Waals surface area contributed by atoms with E-state index in [-0.39, 0.29) is 101 Å². The highest BCUT2D eigenvalue weighted by molar-refractivity contribution is 7.86. The summed E-state index contributed by atoms with van der Waals surface area (Å²) in [7, 11) is -18.1. The molecule has 40 nitrogen and oxygen atoms in total. The Kier molecular flexibility index (Phi) is 41.5. The smallest absolute Gasteiger partial charge is 0.324 e. The van der Waals surface area contributed by atoms with Crippen LogP contribution in [0.5, 0.6) is 0 Å². The fraction of sp³-hybridized carbons (Fsp3) is 0.205. The van der Waals surface area contributed by atoms with Gasteiger partial charge in [0.05, 0.1) is 0 Å². The lowest BCUT2D eigenvalue weighted by Crippen LogP contribution is -2.13. The minimum atomic E-state index is -4.38. The molecule has 0 saturated carbocycles. The first-order valence-corrected chi connectivity index (χ1v) is 48.1. The molecule has 5 heterocycles. The first-order chi connectivity index (χ1) is 65.2. The number of rotatable bonds is 27. The molecule has 3 atom stereocenters. The van der Waals surface area contributed by atoms with Crippen LogP contribution in [0.15, 0.2) is 210 Å². The van der Waals surface area contributed by atoms with Gasteiger partial charge in [0.25, 0.3) is 20.2 Å². The summed E-state index contributed by atoms with van der Waals surface area (Å²) < 4.78 is 141. The molecule has 0 radical (unpaired) electrons. The van der Waals surface area contributed by atoms with E-state index in [4.69, 9.17) is 95.9 Å². The molecule has 3 unspecified atom stereocenters. The Hall–Kier alpha value is -14.0. The first-order valence-electron chi connectivity index (χ1n) is 40.3. The van der Waals surface area contributed by atoms with Gasteiger partial charge in [0.15, 0.2) is 0 Å². The van der Waals surface area contributed by atoms with E-state index in [0.29, 0.717) is 118 Å². The number of Topliss-reactive ketones (excluding diaryl/α,β-unsaturated/α-hetero) is 5. The monoisotopic (exact) mass is 2070 g/mol. The zero-order valence-electron chi connectivity index (χ0n) is 73.6. The van der Waals surface area contributed by atoms with Gasteiger partial charge in [0.1, 0.15) is 67.8 Å². The number of anilines is 10. The van der Waals surface area contributed by atoms with Gasteiger partial charge in [-0.25, -0.2) is 24.9 Å². The summed E-state index contributed by atoms with van der Waals surface area (Å²) in [4.78, 5) is 119. The molecular formula is C88H81Cl5N20O20S5. The number of nitrogens with zero attached hydrogens (tertiary/aromatic N) is 15. The number of aromatic nitrogens is 15. The molecule has 0 amide bonds. The summed E-state index contributed by atoms with van der Waals surface area (Å²) in [5, 5.41) is 24.2. The van der Waals surface area contributed by atoms with Crippen LogP contribution >= 0.6 is 58.0 Å². The molecule has 15 aromatic rings. The Labute approximate surface area is 817 Å². The molecular weight excluding hydrogens is 1990 g/mol. The zero-order valence-corrected chi connectivity index (χ0v) is 81.5. The van der Waals surface area contributed by atoms with Crippen molar-refractivity contribution in [3.63, 3.8) is 0 Å². The lowest BCUT2D eigenvalue weighted by molar-refractivity contribution is -0.121. The van der Waals surface area contributed by atoms with Gasteiger partial charge in [-0.15, -0.1) is 37.9 Å². The molecule has 0 aliphatic rings. The molecule has 10 aromatic carbocycles. The quantitative estimate of drug-likeness (QED) is 0.0235. The maximum atomic E-state index is 11.6. The van der Waals surface area contributed by atoms with Crippen LogP contribution in [0, 0.1) is 17.8 Å². The molecule has 0 saturated heterocycles. The van der Waals surface area contributed by atoms with E-state index in [0.717, 1.165) is 49.4 Å². The number of ketones is 5. The number of nitrogens with one attached hydrogen (secondary N) is 5. The largest absolute Gasteiger partial charge is 0.425 e. The van der Waals surface area contributed by atoms with Gasteiger partial charge in [-0.05, 0) is 163 Å². The van der Waals surface area contributed by atoms with Crippen LogP contribution in [0.1, 0.15) is 97.4 Å². The number of aryl methyl sites for hydroxylation is 2. The van der Waals surface area contributed by atoms with E-state index in [1.165, 1.54) is 45.0 Å². The van der Waals surface area contributed by atoms with E-state index in [1.807, 2.05) is 135 Å². The van der Waals surface area contributed by atoms with Crippen molar-refractivity contribution in [3.8, 4) is 0 Å². The Morgan fingerprint density at radius 3 is 0.855 bits per heavy atom. The minimum absolute atomic E-state index is 0.00726. The van der Waals surface area contributed by atoms with Crippen molar-refractivity contribution < 1.29 is 87.8 Å². The number of hydrogen-bond acceptors (Lipinski definition) is 38. The number of halogens is 5. The summed E-state index contributed by atoms with van der Waals surface area (Å²) in [5.41, 5.74) is 3.69. The Morgan fingerprint density at radius 2 is 0.551 bits per heavy atom. The molecule has 0 fully saturated rings. The van der Waals surface area contributed by atoms with Gasteiger partial charge in [0.2, 0.25) is 56.2 Å². The van der Waals surface area contributed by atoms with Crippen molar-refractivity contribution in [2.75, 3.05) is 26.6 Å². The van der Waals surface area contributed by atoms with Crippen molar-refractivity contribution >= 4 is 251 Å². The average molecular weight is 2080 g/mol. The standard InChI is InChI=1S/C18H17ClN4O4S.2C18H17ClN4O.C17H15ClN4O4S.C17H15ClN4O.3O3S/c1-10(11(2)24)9-16-21-17(19)23-18(22-16)20-14-7-8-15(28(25,26)27)13-6-4-3-5-12(13)14;1-11(12(2)24)10-16-21-17(19)23-18(22-16)20-15-9-5-7-13-6-3-4-8-14(13)15;1-11(12(2)24)9-16-21-17(19)23-18(22-16)20-15-8-7-13-5-3-4-6-14(13)10-15;1-10(23)6-9-15-20-16(18)22-17(21-15)19-13-7-8-14(27(24,25)26)12-5-3-2-4-11(12)13;1-11(23)9-10-15-20-16(18)22-17(21-15)19-14-8-4-6-12-5-2-3-7-13(12)14;3*1-4(2)3/h3-8,10H,9H2,1-2H3,(H,25,26,27)(H,20,21,22,23);3-9,11H,10H2,1-2H3,(H,20,21,22,23);3-8,10-11H,9H2,1-2H3,(H,20,21,22,23);2-5,7-8H,6,9H2,1H3,(H,24,25,26)(H,19,20,21,22);2-8H,9-10H2,1H3,(H,19,20,21,22);;;. The second-order valence-electron chi connectivity index (χ2n) is 29.4. The third kappa shape index (κ3) is 36.3. The van der Waals surface area contributed by atoms with Crippen molar-refractivity contribution in [3.05, 3.63) is 256 Å².